The van der Waals surface area contributed by atoms with E-state index in [9.17, 15) is 5.11 Å². The fourth-order valence-corrected chi connectivity index (χ4v) is 3.49. The van der Waals surface area contributed by atoms with Gasteiger partial charge >= 0.3 is 0 Å². The average Bonchev–Trinajstić information content (AvgIpc) is 2.70. The maximum atomic E-state index is 10.5. The summed E-state index contributed by atoms with van der Waals surface area (Å²) in [6.07, 6.45) is 0. The minimum absolute atomic E-state index is 0.0343. The number of phenolic OH excluding ortho intramolecular Hbond substituents is 1. The summed E-state index contributed by atoms with van der Waals surface area (Å²) < 4.78 is 12.1. The molecule has 0 aliphatic carbocycles. The standard InChI is InChI=1S/C21H14BrClN2O3/c1-27-18-8-4-6-14(19(18)26)20-24-16-7-3-2-5-13(16)21(25-20)28-17-10-9-12(22)11-15(17)23/h2-11,26H,1H3. The number of fused-ring (bicyclic) bond motifs is 1. The normalized spacial score (nSPS) is 10.8. The van der Waals surface area contributed by atoms with Crippen molar-refractivity contribution in [1.82, 2.24) is 9.97 Å². The van der Waals surface area contributed by atoms with Crippen LogP contribution in [0.3, 0.4) is 0 Å². The van der Waals surface area contributed by atoms with Crippen molar-refractivity contribution in [2.75, 3.05) is 7.11 Å². The molecule has 28 heavy (non-hydrogen) atoms. The second kappa shape index (κ2) is 7.66. The number of ether oxygens (including phenoxy) is 2. The molecule has 0 aliphatic rings. The summed E-state index contributed by atoms with van der Waals surface area (Å²) >= 11 is 9.68. The monoisotopic (exact) mass is 456 g/mol. The molecule has 0 bridgehead atoms. The van der Waals surface area contributed by atoms with Crippen LogP contribution in [-0.4, -0.2) is 22.2 Å². The van der Waals surface area contributed by atoms with E-state index >= 15 is 0 Å². The van der Waals surface area contributed by atoms with E-state index in [1.807, 2.05) is 30.3 Å². The first kappa shape index (κ1) is 18.5. The second-order valence-corrected chi connectivity index (χ2v) is 7.23. The third-order valence-corrected chi connectivity index (χ3v) is 4.92. The number of aromatic nitrogens is 2. The molecule has 0 amide bonds. The number of benzene rings is 3. The Morgan fingerprint density at radius 2 is 1.79 bits per heavy atom. The van der Waals surface area contributed by atoms with Crippen molar-refractivity contribution in [3.05, 3.63) is 70.2 Å². The number of halogens is 2. The maximum Gasteiger partial charge on any atom is 0.230 e. The maximum absolute atomic E-state index is 10.5. The van der Waals surface area contributed by atoms with Crippen LogP contribution in [0.4, 0.5) is 0 Å². The lowest BCUT2D eigenvalue weighted by Gasteiger charge is -2.12. The van der Waals surface area contributed by atoms with E-state index in [1.54, 1.807) is 30.3 Å². The van der Waals surface area contributed by atoms with Crippen LogP contribution in [0.5, 0.6) is 23.1 Å². The van der Waals surface area contributed by atoms with Crippen molar-refractivity contribution in [1.29, 1.82) is 0 Å². The van der Waals surface area contributed by atoms with E-state index < -0.39 is 0 Å². The molecule has 140 valence electrons. The molecule has 4 aromatic rings. The van der Waals surface area contributed by atoms with Gasteiger partial charge in [0.2, 0.25) is 5.88 Å². The number of rotatable bonds is 4. The molecule has 0 aliphatic heterocycles. The number of hydrogen-bond acceptors (Lipinski definition) is 5. The van der Waals surface area contributed by atoms with Gasteiger partial charge in [0.1, 0.15) is 5.75 Å². The van der Waals surface area contributed by atoms with Gasteiger partial charge in [-0.25, -0.2) is 4.98 Å². The molecular formula is C21H14BrClN2O3. The van der Waals surface area contributed by atoms with Crippen molar-refractivity contribution in [3.63, 3.8) is 0 Å². The topological polar surface area (TPSA) is 64.5 Å². The van der Waals surface area contributed by atoms with Gasteiger partial charge in [0.25, 0.3) is 0 Å². The summed E-state index contributed by atoms with van der Waals surface area (Å²) in [5, 5.41) is 11.7. The lowest BCUT2D eigenvalue weighted by molar-refractivity contribution is 0.374. The van der Waals surface area contributed by atoms with Gasteiger partial charge < -0.3 is 14.6 Å². The molecule has 0 unspecified atom stereocenters. The van der Waals surface area contributed by atoms with E-state index in [1.165, 1.54) is 7.11 Å². The highest BCUT2D eigenvalue weighted by atomic mass is 79.9. The van der Waals surface area contributed by atoms with Crippen LogP contribution in [0.15, 0.2) is 65.1 Å². The molecule has 3 aromatic carbocycles. The number of nitrogens with zero attached hydrogens (tertiary/aromatic N) is 2. The fraction of sp³-hybridized carbons (Fsp3) is 0.0476. The molecule has 0 spiro atoms. The van der Waals surface area contributed by atoms with Crippen LogP contribution >= 0.6 is 27.5 Å². The molecule has 0 radical (unpaired) electrons. The molecule has 1 heterocycles. The number of methoxy groups -OCH3 is 1. The highest BCUT2D eigenvalue weighted by molar-refractivity contribution is 9.10. The third kappa shape index (κ3) is 3.48. The summed E-state index contributed by atoms with van der Waals surface area (Å²) in [6, 6.07) is 18.0. The van der Waals surface area contributed by atoms with Gasteiger partial charge in [-0.15, -0.1) is 0 Å². The average molecular weight is 458 g/mol. The van der Waals surface area contributed by atoms with E-state index in [4.69, 9.17) is 21.1 Å². The first-order valence-electron chi connectivity index (χ1n) is 8.33. The van der Waals surface area contributed by atoms with Crippen molar-refractivity contribution in [3.8, 4) is 34.5 Å². The molecule has 5 nitrogen and oxygen atoms in total. The molecule has 0 atom stereocenters. The summed E-state index contributed by atoms with van der Waals surface area (Å²) in [4.78, 5) is 9.12. The zero-order valence-electron chi connectivity index (χ0n) is 14.7. The third-order valence-electron chi connectivity index (χ3n) is 4.13. The van der Waals surface area contributed by atoms with Gasteiger partial charge in [-0.3, -0.25) is 0 Å². The SMILES string of the molecule is COc1cccc(-c2nc(Oc3ccc(Br)cc3Cl)c3ccccc3n2)c1O. The minimum atomic E-state index is -0.0343. The van der Waals surface area contributed by atoms with E-state index in [0.29, 0.717) is 39.3 Å². The van der Waals surface area contributed by atoms with Gasteiger partial charge in [0.05, 0.1) is 28.6 Å². The molecule has 7 heteroatoms. The lowest BCUT2D eigenvalue weighted by Crippen LogP contribution is -1.97. The number of aromatic hydroxyl groups is 1. The van der Waals surface area contributed by atoms with Gasteiger partial charge in [-0.2, -0.15) is 4.98 Å². The zero-order valence-corrected chi connectivity index (χ0v) is 17.0. The molecule has 0 saturated carbocycles. The van der Waals surface area contributed by atoms with Crippen LogP contribution in [0, 0.1) is 0 Å². The fourth-order valence-electron chi connectivity index (χ4n) is 2.78. The lowest BCUT2D eigenvalue weighted by atomic mass is 10.1. The molecular weight excluding hydrogens is 444 g/mol. The Labute approximate surface area is 174 Å². The van der Waals surface area contributed by atoms with Crippen LogP contribution < -0.4 is 9.47 Å². The van der Waals surface area contributed by atoms with Crippen LogP contribution in [0.25, 0.3) is 22.3 Å². The Morgan fingerprint density at radius 1 is 0.964 bits per heavy atom. The van der Waals surface area contributed by atoms with E-state index in [0.717, 1.165) is 9.86 Å². The Bertz CT molecular complexity index is 1180. The number of hydrogen-bond donors (Lipinski definition) is 1. The van der Waals surface area contributed by atoms with Gasteiger partial charge in [-0.1, -0.05) is 45.7 Å². The van der Waals surface area contributed by atoms with Crippen molar-refractivity contribution >= 4 is 38.4 Å². The largest absolute Gasteiger partial charge is 0.504 e. The first-order valence-corrected chi connectivity index (χ1v) is 9.50. The van der Waals surface area contributed by atoms with Gasteiger partial charge in [-0.05, 0) is 42.5 Å². The highest BCUT2D eigenvalue weighted by Crippen LogP contribution is 2.38. The quantitative estimate of drug-likeness (QED) is 0.394. The number of para-hydroxylation sites is 2. The predicted octanol–water partition coefficient (Wildman–Crippen LogP) is 6.22. The molecule has 1 N–H and O–H groups in total. The second-order valence-electron chi connectivity index (χ2n) is 5.90. The van der Waals surface area contributed by atoms with Crippen molar-refractivity contribution in [2.24, 2.45) is 0 Å². The Balaban J connectivity index is 1.89. The smallest absolute Gasteiger partial charge is 0.230 e. The van der Waals surface area contributed by atoms with Gasteiger partial charge in [0, 0.05) is 4.47 Å². The highest BCUT2D eigenvalue weighted by Gasteiger charge is 2.17. The predicted molar refractivity (Wildman–Crippen MR) is 112 cm³/mol. The first-order chi connectivity index (χ1) is 13.6. The Kier molecular flexibility index (Phi) is 5.07. The summed E-state index contributed by atoms with van der Waals surface area (Å²) in [7, 11) is 1.49. The Hall–Kier alpha value is -2.83. The number of phenols is 1. The zero-order chi connectivity index (χ0) is 19.7. The molecule has 4 rings (SSSR count). The Morgan fingerprint density at radius 3 is 2.57 bits per heavy atom. The van der Waals surface area contributed by atoms with Crippen LogP contribution in [0.1, 0.15) is 0 Å². The minimum Gasteiger partial charge on any atom is -0.504 e. The van der Waals surface area contributed by atoms with Crippen LogP contribution in [0.2, 0.25) is 5.02 Å². The molecule has 1 aromatic heterocycles. The summed E-state index contributed by atoms with van der Waals surface area (Å²) in [5.74, 6) is 1.43. The van der Waals surface area contributed by atoms with Gasteiger partial charge in [0.15, 0.2) is 17.3 Å². The molecule has 0 saturated heterocycles. The van der Waals surface area contributed by atoms with E-state index in [-0.39, 0.29) is 5.75 Å². The molecule has 0 fully saturated rings. The van der Waals surface area contributed by atoms with Crippen molar-refractivity contribution < 1.29 is 14.6 Å². The van der Waals surface area contributed by atoms with Crippen molar-refractivity contribution in [2.45, 2.75) is 0 Å². The van der Waals surface area contributed by atoms with E-state index in [2.05, 4.69) is 25.9 Å². The summed E-state index contributed by atoms with van der Waals surface area (Å²) in [5.41, 5.74) is 1.12. The van der Waals surface area contributed by atoms with Crippen LogP contribution in [-0.2, 0) is 0 Å². The summed E-state index contributed by atoms with van der Waals surface area (Å²) in [6.45, 7) is 0.